The zero-order chi connectivity index (χ0) is 6.15. The summed E-state index contributed by atoms with van der Waals surface area (Å²) in [5.41, 5.74) is 0. The van der Waals surface area contributed by atoms with E-state index in [2.05, 4.69) is 4.74 Å². The minimum Gasteiger partial charge on any atom is -0.448 e. The maximum Gasteiger partial charge on any atom is 0.348 e. The predicted octanol–water partition coefficient (Wildman–Crippen LogP) is 0.712. The normalized spacial score (nSPS) is 33.6. The highest BCUT2D eigenvalue weighted by Crippen LogP contribution is 2.16. The first-order valence-electron chi connectivity index (χ1n) is 2.96. The predicted molar refractivity (Wildman–Crippen MR) is 24.8 cm³/mol. The summed E-state index contributed by atoms with van der Waals surface area (Å²) in [6.45, 7) is 1.87. The van der Waals surface area contributed by atoms with Gasteiger partial charge in [0, 0.05) is 1.37 Å². The number of rotatable bonds is 2. The Labute approximate surface area is 43.9 Å². The first-order valence-corrected chi connectivity index (χ1v) is 2.38. The van der Waals surface area contributed by atoms with E-state index in [1.165, 1.54) is 0 Å². The maximum absolute atomic E-state index is 10.1. The molecule has 0 radical (unpaired) electrons. The second-order valence-electron chi connectivity index (χ2n) is 1.50. The monoisotopic (exact) mass is 101 g/mol. The van der Waals surface area contributed by atoms with Crippen molar-refractivity contribution in [2.75, 3.05) is 0 Å². The van der Waals surface area contributed by atoms with Crippen LogP contribution in [0.15, 0.2) is 0 Å². The highest BCUT2D eigenvalue weighted by molar-refractivity contribution is 5.87. The minimum absolute atomic E-state index is 0.216. The zero-order valence-electron chi connectivity index (χ0n) is 5.18. The van der Waals surface area contributed by atoms with Crippen molar-refractivity contribution in [1.82, 2.24) is 0 Å². The molecule has 0 bridgehead atoms. The van der Waals surface area contributed by atoms with Crippen LogP contribution in [0.2, 0.25) is 0 Å². The molecule has 0 aromatic heterocycles. The molecule has 1 aliphatic heterocycles. The second kappa shape index (κ2) is 1.52. The Bertz CT molecular complexity index is 113. The molecule has 0 aromatic rings. The van der Waals surface area contributed by atoms with Crippen LogP contribution in [0.25, 0.3) is 0 Å². The minimum atomic E-state index is -0.389. The molecule has 2 heteroatoms. The lowest BCUT2D eigenvalue weighted by atomic mass is 10.3. The zero-order valence-corrected chi connectivity index (χ0v) is 4.18. The molecule has 0 spiro atoms. The largest absolute Gasteiger partial charge is 0.448 e. The van der Waals surface area contributed by atoms with Crippen molar-refractivity contribution in [3.8, 4) is 0 Å². The van der Waals surface area contributed by atoms with Crippen LogP contribution in [0.4, 0.5) is 0 Å². The molecule has 0 amide bonds. The van der Waals surface area contributed by atoms with Gasteiger partial charge in [0.1, 0.15) is 0 Å². The van der Waals surface area contributed by atoms with E-state index in [0.29, 0.717) is 6.42 Å². The second-order valence-corrected chi connectivity index (χ2v) is 1.50. The lowest BCUT2D eigenvalue weighted by Gasteiger charge is -1.76. The highest BCUT2D eigenvalue weighted by Gasteiger charge is 2.36. The molecule has 2 nitrogen and oxygen atoms in total. The van der Waals surface area contributed by atoms with Gasteiger partial charge >= 0.3 is 5.97 Å². The van der Waals surface area contributed by atoms with Crippen LogP contribution in [0.1, 0.15) is 21.1 Å². The number of ether oxygens (including phenoxy) is 1. The molecular formula is C5H8O2. The Morgan fingerprint density at radius 3 is 2.86 bits per heavy atom. The van der Waals surface area contributed by atoms with Gasteiger partial charge in [-0.1, -0.05) is 13.3 Å². The van der Waals surface area contributed by atoms with Crippen molar-refractivity contribution >= 4 is 5.97 Å². The molecule has 0 saturated carbocycles. The fourth-order valence-electron chi connectivity index (χ4n) is 0.450. The third-order valence-corrected chi connectivity index (χ3v) is 0.868. The topological polar surface area (TPSA) is 29.6 Å². The van der Waals surface area contributed by atoms with Crippen molar-refractivity contribution in [2.24, 2.45) is 0 Å². The van der Waals surface area contributed by atoms with Crippen LogP contribution in [0.3, 0.4) is 0 Å². The highest BCUT2D eigenvalue weighted by atomic mass is 16.6. The summed E-state index contributed by atoms with van der Waals surface area (Å²) in [5.74, 6) is -0.216. The number of hydrogen-bond donors (Lipinski definition) is 0. The van der Waals surface area contributed by atoms with Crippen molar-refractivity contribution in [3.05, 3.63) is 0 Å². The van der Waals surface area contributed by atoms with E-state index in [-0.39, 0.29) is 18.5 Å². The van der Waals surface area contributed by atoms with E-state index in [1.807, 2.05) is 6.92 Å². The van der Waals surface area contributed by atoms with Gasteiger partial charge in [0.15, 0.2) is 6.10 Å². The van der Waals surface area contributed by atoms with E-state index >= 15 is 0 Å². The Balaban J connectivity index is 2.28. The van der Waals surface area contributed by atoms with Crippen molar-refractivity contribution in [3.63, 3.8) is 0 Å². The fourth-order valence-corrected chi connectivity index (χ4v) is 0.450. The molecule has 2 unspecified atom stereocenters. The number of epoxide rings is 1. The molecule has 1 heterocycles. The average molecular weight is 101 g/mol. The Morgan fingerprint density at radius 1 is 2.14 bits per heavy atom. The number of carbonyl (C=O) groups is 1. The van der Waals surface area contributed by atoms with E-state index < -0.39 is 0 Å². The van der Waals surface area contributed by atoms with Crippen LogP contribution in [-0.2, 0) is 9.53 Å². The first kappa shape index (κ1) is 3.47. The Morgan fingerprint density at radius 2 is 2.71 bits per heavy atom. The third kappa shape index (κ3) is 0.918. The fraction of sp³-hybridized carbons (Fsp3) is 0.800. The van der Waals surface area contributed by atoms with Gasteiger partial charge in [-0.2, -0.15) is 0 Å². The molecule has 1 saturated heterocycles. The maximum atomic E-state index is 10.1. The summed E-state index contributed by atoms with van der Waals surface area (Å²) in [6, 6.07) is 0. The van der Waals surface area contributed by atoms with E-state index in [9.17, 15) is 4.79 Å². The van der Waals surface area contributed by atoms with Crippen molar-refractivity contribution in [1.29, 1.82) is 0 Å². The van der Waals surface area contributed by atoms with Gasteiger partial charge in [0.25, 0.3) is 0 Å². The Kier molecular flexibility index (Phi) is 0.755. The molecule has 0 aliphatic carbocycles. The van der Waals surface area contributed by atoms with Gasteiger partial charge in [0.05, 0.1) is 0 Å². The molecule has 1 rings (SSSR count). The molecule has 7 heavy (non-hydrogen) atoms. The molecule has 0 N–H and O–H groups in total. The van der Waals surface area contributed by atoms with Gasteiger partial charge in [-0.05, 0) is 6.40 Å². The number of hydrogen-bond acceptors (Lipinski definition) is 2. The van der Waals surface area contributed by atoms with Crippen LogP contribution in [0.5, 0.6) is 0 Å². The van der Waals surface area contributed by atoms with E-state index in [0.717, 1.165) is 0 Å². The molecule has 1 aliphatic rings. The van der Waals surface area contributed by atoms with Crippen LogP contribution in [-0.4, -0.2) is 12.1 Å². The molecule has 0 aromatic carbocycles. The summed E-state index contributed by atoms with van der Waals surface area (Å²) in [6.07, 6.45) is -0.0290. The lowest BCUT2D eigenvalue weighted by Crippen LogP contribution is -1.82. The van der Waals surface area contributed by atoms with Crippen molar-refractivity contribution in [2.45, 2.75) is 25.8 Å². The first-order chi connectivity index (χ1) is 3.75. The van der Waals surface area contributed by atoms with Crippen LogP contribution in [0, 0.1) is 0 Å². The third-order valence-electron chi connectivity index (χ3n) is 0.868. The van der Waals surface area contributed by atoms with E-state index in [1.54, 1.807) is 0 Å². The summed E-state index contributed by atoms with van der Waals surface area (Å²) in [4.78, 5) is 10.1. The van der Waals surface area contributed by atoms with Crippen molar-refractivity contribution < 1.29 is 10.9 Å². The Hall–Kier alpha value is -0.530. The standard InChI is InChI=1S/C5H8O2/c1-2-3-4-5(6)7-4/h4H,2-3H2,1H3/i3D. The molecule has 1 fully saturated rings. The quantitative estimate of drug-likeness (QED) is 0.479. The molecule has 40 valence electrons. The van der Waals surface area contributed by atoms with E-state index in [4.69, 9.17) is 1.37 Å². The van der Waals surface area contributed by atoms with Gasteiger partial charge in [-0.25, -0.2) is 4.79 Å². The average Bonchev–Trinajstić information content (AvgIpc) is 2.45. The number of carbonyl (C=O) groups excluding carboxylic acids is 1. The summed E-state index contributed by atoms with van der Waals surface area (Å²) in [5, 5.41) is 0. The van der Waals surface area contributed by atoms with Gasteiger partial charge < -0.3 is 4.74 Å². The van der Waals surface area contributed by atoms with Gasteiger partial charge in [0.2, 0.25) is 0 Å². The summed E-state index contributed by atoms with van der Waals surface area (Å²) >= 11 is 0. The smallest absolute Gasteiger partial charge is 0.348 e. The molecule has 2 atom stereocenters. The van der Waals surface area contributed by atoms with Gasteiger partial charge in [-0.15, -0.1) is 0 Å². The summed E-state index contributed by atoms with van der Waals surface area (Å²) in [7, 11) is 0. The molecular weight excluding hydrogens is 92.1 g/mol. The van der Waals surface area contributed by atoms with Crippen LogP contribution < -0.4 is 0 Å². The lowest BCUT2D eigenvalue weighted by molar-refractivity contribution is -0.117. The number of cyclic esters (lactones) is 1. The SMILES string of the molecule is [2H]C(CC)C1OC1=O. The summed E-state index contributed by atoms with van der Waals surface area (Å²) < 4.78 is 11.6. The van der Waals surface area contributed by atoms with Crippen LogP contribution >= 0.6 is 0 Å². The van der Waals surface area contributed by atoms with Gasteiger partial charge in [-0.3, -0.25) is 0 Å².